The van der Waals surface area contributed by atoms with E-state index in [-0.39, 0.29) is 6.07 Å². The number of alkyl halides is 6. The van der Waals surface area contributed by atoms with Gasteiger partial charge in [-0.1, -0.05) is 24.3 Å². The van der Waals surface area contributed by atoms with Crippen LogP contribution in [0.4, 0.5) is 36.4 Å². The third kappa shape index (κ3) is 3.44. The lowest BCUT2D eigenvalue weighted by atomic mass is 9.96. The molecule has 0 aromatic heterocycles. The molecule has 0 radical (unpaired) electrons. The Bertz CT molecular complexity index is 782. The minimum absolute atomic E-state index is 0.214. The van der Waals surface area contributed by atoms with Gasteiger partial charge < -0.3 is 0 Å². The molecular formula is C15H6F7N. The van der Waals surface area contributed by atoms with Crippen LogP contribution in [0.25, 0.3) is 16.0 Å². The van der Waals surface area contributed by atoms with E-state index in [1.807, 2.05) is 0 Å². The number of halogens is 7. The van der Waals surface area contributed by atoms with Crippen LogP contribution in [-0.2, 0) is 12.4 Å². The van der Waals surface area contributed by atoms with Gasteiger partial charge in [0, 0.05) is 0 Å². The van der Waals surface area contributed by atoms with E-state index in [4.69, 9.17) is 6.57 Å². The standard InChI is InChI=1S/C15H6F7N/c1-23-13-5-2-8(6-12(13)15(20,21)22)10-4-3-9(16)7-11(10)14(17,18)19/h2-7H. The van der Waals surface area contributed by atoms with Gasteiger partial charge in [-0.3, -0.25) is 0 Å². The van der Waals surface area contributed by atoms with Crippen LogP contribution in [0.5, 0.6) is 0 Å². The Labute approximate surface area is 125 Å². The van der Waals surface area contributed by atoms with Crippen LogP contribution in [0.2, 0.25) is 0 Å². The first-order chi connectivity index (χ1) is 10.5. The third-order valence-electron chi connectivity index (χ3n) is 3.02. The molecule has 1 nitrogen and oxygen atoms in total. The van der Waals surface area contributed by atoms with E-state index in [1.165, 1.54) is 0 Å². The molecule has 0 fully saturated rings. The molecule has 0 aliphatic rings. The molecule has 0 saturated carbocycles. The Morgan fingerprint density at radius 1 is 0.783 bits per heavy atom. The first-order valence-electron chi connectivity index (χ1n) is 6.00. The van der Waals surface area contributed by atoms with Gasteiger partial charge in [0.1, 0.15) is 5.82 Å². The third-order valence-corrected chi connectivity index (χ3v) is 3.02. The lowest BCUT2D eigenvalue weighted by Gasteiger charge is -2.15. The summed E-state index contributed by atoms with van der Waals surface area (Å²) in [7, 11) is 0. The van der Waals surface area contributed by atoms with Gasteiger partial charge in [-0.25, -0.2) is 9.24 Å². The maximum atomic E-state index is 13.1. The maximum absolute atomic E-state index is 13.1. The molecule has 0 heterocycles. The van der Waals surface area contributed by atoms with Gasteiger partial charge in [-0.2, -0.15) is 26.3 Å². The highest BCUT2D eigenvalue weighted by Crippen LogP contribution is 2.42. The Balaban J connectivity index is 2.72. The van der Waals surface area contributed by atoms with Gasteiger partial charge in [-0.15, -0.1) is 0 Å². The van der Waals surface area contributed by atoms with Crippen LogP contribution < -0.4 is 0 Å². The van der Waals surface area contributed by atoms with Crippen LogP contribution in [0, 0.1) is 12.4 Å². The van der Waals surface area contributed by atoms with Gasteiger partial charge in [0.15, 0.2) is 5.69 Å². The van der Waals surface area contributed by atoms with E-state index in [9.17, 15) is 30.7 Å². The van der Waals surface area contributed by atoms with Crippen molar-refractivity contribution in [2.45, 2.75) is 12.4 Å². The van der Waals surface area contributed by atoms with E-state index >= 15 is 0 Å². The molecule has 2 rings (SSSR count). The highest BCUT2D eigenvalue weighted by atomic mass is 19.4. The van der Waals surface area contributed by atoms with Crippen molar-refractivity contribution in [2.75, 3.05) is 0 Å². The van der Waals surface area contributed by atoms with E-state index in [1.54, 1.807) is 0 Å². The fraction of sp³-hybridized carbons (Fsp3) is 0.133. The molecule has 0 saturated heterocycles. The number of nitrogens with zero attached hydrogens (tertiary/aromatic N) is 1. The first-order valence-corrected chi connectivity index (χ1v) is 6.00. The van der Waals surface area contributed by atoms with E-state index in [0.29, 0.717) is 6.07 Å². The van der Waals surface area contributed by atoms with Crippen LogP contribution in [0.3, 0.4) is 0 Å². The van der Waals surface area contributed by atoms with Crippen molar-refractivity contribution in [1.29, 1.82) is 0 Å². The molecular weight excluding hydrogens is 327 g/mol. The summed E-state index contributed by atoms with van der Waals surface area (Å²) in [5, 5.41) is 0. The molecule has 120 valence electrons. The molecule has 23 heavy (non-hydrogen) atoms. The summed E-state index contributed by atoms with van der Waals surface area (Å²) in [5.41, 5.74) is -4.46. The van der Waals surface area contributed by atoms with E-state index < -0.39 is 46.1 Å². The summed E-state index contributed by atoms with van der Waals surface area (Å²) >= 11 is 0. The van der Waals surface area contributed by atoms with Gasteiger partial charge in [-0.05, 0) is 23.3 Å². The van der Waals surface area contributed by atoms with Gasteiger partial charge >= 0.3 is 12.4 Å². The SMILES string of the molecule is [C-]#[N+]c1ccc(-c2ccc(F)cc2C(F)(F)F)cc1C(F)(F)F. The quantitative estimate of drug-likeness (QED) is 0.440. The van der Waals surface area contributed by atoms with Crippen molar-refractivity contribution in [1.82, 2.24) is 0 Å². The average molecular weight is 333 g/mol. The van der Waals surface area contributed by atoms with Crippen LogP contribution in [0.15, 0.2) is 36.4 Å². The van der Waals surface area contributed by atoms with Crippen molar-refractivity contribution in [3.05, 3.63) is 64.8 Å². The number of benzene rings is 2. The summed E-state index contributed by atoms with van der Waals surface area (Å²) in [6, 6.07) is 3.90. The molecule has 8 heteroatoms. The predicted molar refractivity (Wildman–Crippen MR) is 68.1 cm³/mol. The van der Waals surface area contributed by atoms with E-state index in [2.05, 4.69) is 4.85 Å². The van der Waals surface area contributed by atoms with Crippen LogP contribution >= 0.6 is 0 Å². The van der Waals surface area contributed by atoms with Crippen LogP contribution in [-0.4, -0.2) is 0 Å². The highest BCUT2D eigenvalue weighted by Gasteiger charge is 2.36. The van der Waals surface area contributed by atoms with Gasteiger partial charge in [0.2, 0.25) is 0 Å². The Morgan fingerprint density at radius 3 is 1.91 bits per heavy atom. The lowest BCUT2D eigenvalue weighted by Crippen LogP contribution is -2.09. The number of hydrogen-bond acceptors (Lipinski definition) is 0. The predicted octanol–water partition coefficient (Wildman–Crippen LogP) is 6.08. The Kier molecular flexibility index (Phi) is 4.07. The summed E-state index contributed by atoms with van der Waals surface area (Å²) in [6.07, 6.45) is -9.83. The molecule has 2 aromatic rings. The molecule has 0 amide bonds. The molecule has 0 unspecified atom stereocenters. The second kappa shape index (κ2) is 5.57. The summed E-state index contributed by atoms with van der Waals surface area (Å²) in [5.74, 6) is -1.16. The average Bonchev–Trinajstić information content (AvgIpc) is 2.44. The fourth-order valence-corrected chi connectivity index (χ4v) is 2.03. The van der Waals surface area contributed by atoms with Gasteiger partial charge in [0.25, 0.3) is 0 Å². The minimum atomic E-state index is -4.94. The zero-order valence-electron chi connectivity index (χ0n) is 11.1. The molecule has 2 aromatic carbocycles. The lowest BCUT2D eigenvalue weighted by molar-refractivity contribution is -0.137. The zero-order chi connectivity index (χ0) is 17.4. The van der Waals surface area contributed by atoms with E-state index in [0.717, 1.165) is 24.3 Å². The monoisotopic (exact) mass is 333 g/mol. The van der Waals surface area contributed by atoms with Crippen molar-refractivity contribution in [3.63, 3.8) is 0 Å². The highest BCUT2D eigenvalue weighted by molar-refractivity contribution is 5.72. The summed E-state index contributed by atoms with van der Waals surface area (Å²) in [4.78, 5) is 2.70. The molecule has 0 bridgehead atoms. The maximum Gasteiger partial charge on any atom is 0.417 e. The van der Waals surface area contributed by atoms with Crippen molar-refractivity contribution >= 4 is 5.69 Å². The second-order valence-electron chi connectivity index (χ2n) is 4.53. The zero-order valence-corrected chi connectivity index (χ0v) is 11.1. The van der Waals surface area contributed by atoms with Crippen molar-refractivity contribution in [2.24, 2.45) is 0 Å². The molecule has 0 aliphatic heterocycles. The molecule has 0 spiro atoms. The van der Waals surface area contributed by atoms with Crippen molar-refractivity contribution < 1.29 is 30.7 Å². The Hall–Kier alpha value is -2.56. The smallest absolute Gasteiger partial charge is 0.238 e. The van der Waals surface area contributed by atoms with Crippen LogP contribution in [0.1, 0.15) is 11.1 Å². The van der Waals surface area contributed by atoms with Gasteiger partial charge in [0.05, 0.1) is 17.7 Å². The Morgan fingerprint density at radius 2 is 1.39 bits per heavy atom. The number of rotatable bonds is 1. The summed E-state index contributed by atoms with van der Waals surface area (Å²) in [6.45, 7) is 6.70. The number of hydrogen-bond donors (Lipinski definition) is 0. The topological polar surface area (TPSA) is 4.36 Å². The normalized spacial score (nSPS) is 12.1. The summed E-state index contributed by atoms with van der Waals surface area (Å²) < 4.78 is 90.6. The molecule has 0 aliphatic carbocycles. The molecule has 0 atom stereocenters. The first kappa shape index (κ1) is 16.8. The minimum Gasteiger partial charge on any atom is -0.238 e. The van der Waals surface area contributed by atoms with Crippen molar-refractivity contribution in [3.8, 4) is 11.1 Å². The second-order valence-corrected chi connectivity index (χ2v) is 4.53. The fourth-order valence-electron chi connectivity index (χ4n) is 2.03. The largest absolute Gasteiger partial charge is 0.417 e. The molecule has 0 N–H and O–H groups in total.